The number of nitrogens with two attached hydrogens (primary N) is 1. The zero-order chi connectivity index (χ0) is 16.7. The predicted molar refractivity (Wildman–Crippen MR) is 83.9 cm³/mol. The number of carbonyl (C=O) groups is 2. The van der Waals surface area contributed by atoms with Crippen molar-refractivity contribution >= 4 is 11.8 Å². The summed E-state index contributed by atoms with van der Waals surface area (Å²) in [5.41, 5.74) is 6.39. The van der Waals surface area contributed by atoms with Crippen molar-refractivity contribution in [2.24, 2.45) is 11.7 Å². The number of ether oxygens (including phenoxy) is 2. The third kappa shape index (κ3) is 4.46. The quantitative estimate of drug-likeness (QED) is 0.819. The first-order chi connectivity index (χ1) is 10.4. The number of nitrogens with zero attached hydrogens (tertiary/aromatic N) is 1. The lowest BCUT2D eigenvalue weighted by molar-refractivity contribution is -0.145. The van der Waals surface area contributed by atoms with Crippen LogP contribution in [0.25, 0.3) is 0 Å². The third-order valence-corrected chi connectivity index (χ3v) is 3.41. The molecular formula is C16H24N2O4. The van der Waals surface area contributed by atoms with Crippen molar-refractivity contribution < 1.29 is 19.1 Å². The van der Waals surface area contributed by atoms with Gasteiger partial charge in [0.05, 0.1) is 14.2 Å². The van der Waals surface area contributed by atoms with E-state index in [0.29, 0.717) is 17.9 Å². The van der Waals surface area contributed by atoms with Crippen LogP contribution in [0.4, 0.5) is 0 Å². The first-order valence-electron chi connectivity index (χ1n) is 7.17. The van der Waals surface area contributed by atoms with Crippen molar-refractivity contribution in [3.05, 3.63) is 23.8 Å². The van der Waals surface area contributed by atoms with Crippen LogP contribution < -0.4 is 15.2 Å². The lowest BCUT2D eigenvalue weighted by Gasteiger charge is -2.22. The van der Waals surface area contributed by atoms with E-state index < -0.39 is 0 Å². The van der Waals surface area contributed by atoms with Crippen molar-refractivity contribution in [1.82, 2.24) is 4.90 Å². The number of benzene rings is 1. The molecule has 1 unspecified atom stereocenters. The van der Waals surface area contributed by atoms with E-state index in [1.54, 1.807) is 27.2 Å². The van der Waals surface area contributed by atoms with Crippen LogP contribution in [0.2, 0.25) is 0 Å². The fourth-order valence-electron chi connectivity index (χ4n) is 2.27. The molecule has 0 aliphatic heterocycles. The lowest BCUT2D eigenvalue weighted by Crippen LogP contribution is -2.42. The van der Waals surface area contributed by atoms with Gasteiger partial charge < -0.3 is 15.2 Å². The van der Waals surface area contributed by atoms with Crippen molar-refractivity contribution in [3.8, 4) is 11.5 Å². The van der Waals surface area contributed by atoms with Crippen LogP contribution in [0.15, 0.2) is 18.2 Å². The maximum atomic E-state index is 12.4. The van der Waals surface area contributed by atoms with Crippen LogP contribution in [0.1, 0.15) is 19.4 Å². The first kappa shape index (κ1) is 18.0. The average Bonchev–Trinajstić information content (AvgIpc) is 2.51. The number of rotatable bonds is 7. The number of amides is 2. The standard InChI is InChI=1S/C16H24N2O4/c1-11(16(20)18(8-7-17)12(2)19)9-13-5-6-14(21-3)15(10-13)22-4/h5-6,10-11H,7-9,17H2,1-4H3. The van der Waals surface area contributed by atoms with Gasteiger partial charge in [0.15, 0.2) is 11.5 Å². The molecule has 1 rings (SSSR count). The predicted octanol–water partition coefficient (Wildman–Crippen LogP) is 1.22. The van der Waals surface area contributed by atoms with Gasteiger partial charge in [-0.2, -0.15) is 0 Å². The molecule has 0 saturated carbocycles. The smallest absolute Gasteiger partial charge is 0.232 e. The van der Waals surface area contributed by atoms with E-state index >= 15 is 0 Å². The van der Waals surface area contributed by atoms with Gasteiger partial charge in [0.25, 0.3) is 0 Å². The Morgan fingerprint density at radius 3 is 2.36 bits per heavy atom. The summed E-state index contributed by atoms with van der Waals surface area (Å²) in [6.07, 6.45) is 0.507. The molecule has 0 saturated heterocycles. The number of hydrogen-bond donors (Lipinski definition) is 1. The largest absolute Gasteiger partial charge is 0.493 e. The number of carbonyl (C=O) groups excluding carboxylic acids is 2. The highest BCUT2D eigenvalue weighted by molar-refractivity contribution is 5.95. The van der Waals surface area contributed by atoms with Gasteiger partial charge in [-0.25, -0.2) is 0 Å². The Kier molecular flexibility index (Phi) is 6.85. The zero-order valence-electron chi connectivity index (χ0n) is 13.6. The average molecular weight is 308 g/mol. The van der Waals surface area contributed by atoms with Crippen LogP contribution in [0.3, 0.4) is 0 Å². The van der Waals surface area contributed by atoms with Gasteiger partial charge in [-0.15, -0.1) is 0 Å². The van der Waals surface area contributed by atoms with Crippen LogP contribution in [-0.2, 0) is 16.0 Å². The summed E-state index contributed by atoms with van der Waals surface area (Å²) in [5.74, 6) is 0.430. The first-order valence-corrected chi connectivity index (χ1v) is 7.17. The van der Waals surface area contributed by atoms with Crippen LogP contribution in [-0.4, -0.2) is 44.0 Å². The second kappa shape index (κ2) is 8.38. The Balaban J connectivity index is 2.85. The second-order valence-corrected chi connectivity index (χ2v) is 5.09. The molecular weight excluding hydrogens is 284 g/mol. The van der Waals surface area contributed by atoms with E-state index in [1.165, 1.54) is 11.8 Å². The molecule has 0 bridgehead atoms. The van der Waals surface area contributed by atoms with E-state index in [1.807, 2.05) is 12.1 Å². The molecule has 122 valence electrons. The van der Waals surface area contributed by atoms with Crippen molar-refractivity contribution in [1.29, 1.82) is 0 Å². The van der Waals surface area contributed by atoms with E-state index in [9.17, 15) is 9.59 Å². The summed E-state index contributed by atoms with van der Waals surface area (Å²) in [7, 11) is 3.14. The Morgan fingerprint density at radius 1 is 1.23 bits per heavy atom. The molecule has 0 radical (unpaired) electrons. The molecule has 1 aromatic rings. The molecule has 1 atom stereocenters. The summed E-state index contributed by atoms with van der Waals surface area (Å²) in [5, 5.41) is 0. The number of imide groups is 1. The molecule has 1 aromatic carbocycles. The highest BCUT2D eigenvalue weighted by atomic mass is 16.5. The van der Waals surface area contributed by atoms with E-state index in [4.69, 9.17) is 15.2 Å². The molecule has 2 amide bonds. The van der Waals surface area contributed by atoms with Crippen molar-refractivity contribution in [2.75, 3.05) is 27.3 Å². The summed E-state index contributed by atoms with van der Waals surface area (Å²) in [4.78, 5) is 25.1. The number of methoxy groups -OCH3 is 2. The molecule has 0 aliphatic rings. The SMILES string of the molecule is COc1ccc(CC(C)C(=O)N(CCN)C(C)=O)cc1OC. The highest BCUT2D eigenvalue weighted by Gasteiger charge is 2.23. The fourth-order valence-corrected chi connectivity index (χ4v) is 2.27. The minimum Gasteiger partial charge on any atom is -0.493 e. The third-order valence-electron chi connectivity index (χ3n) is 3.41. The van der Waals surface area contributed by atoms with Gasteiger partial charge >= 0.3 is 0 Å². The van der Waals surface area contributed by atoms with Gasteiger partial charge in [-0.05, 0) is 24.1 Å². The maximum Gasteiger partial charge on any atom is 0.232 e. The topological polar surface area (TPSA) is 81.9 Å². The van der Waals surface area contributed by atoms with E-state index in [-0.39, 0.29) is 30.8 Å². The second-order valence-electron chi connectivity index (χ2n) is 5.09. The van der Waals surface area contributed by atoms with Crippen molar-refractivity contribution in [2.45, 2.75) is 20.3 Å². The Labute approximate surface area is 131 Å². The van der Waals surface area contributed by atoms with Crippen LogP contribution >= 0.6 is 0 Å². The van der Waals surface area contributed by atoms with Gasteiger partial charge in [-0.3, -0.25) is 14.5 Å². The van der Waals surface area contributed by atoms with Crippen molar-refractivity contribution in [3.63, 3.8) is 0 Å². The van der Waals surface area contributed by atoms with E-state index in [0.717, 1.165) is 5.56 Å². The van der Waals surface area contributed by atoms with Crippen LogP contribution in [0.5, 0.6) is 11.5 Å². The van der Waals surface area contributed by atoms with Gasteiger partial charge in [-0.1, -0.05) is 13.0 Å². The zero-order valence-corrected chi connectivity index (χ0v) is 13.6. The van der Waals surface area contributed by atoms with Gasteiger partial charge in [0, 0.05) is 25.9 Å². The van der Waals surface area contributed by atoms with Gasteiger partial charge in [0.2, 0.25) is 11.8 Å². The Hall–Kier alpha value is -2.08. The molecule has 0 heterocycles. The van der Waals surface area contributed by atoms with E-state index in [2.05, 4.69) is 0 Å². The Bertz CT molecular complexity index is 531. The maximum absolute atomic E-state index is 12.4. The summed E-state index contributed by atoms with van der Waals surface area (Å²) < 4.78 is 10.4. The molecule has 0 aromatic heterocycles. The molecule has 0 fully saturated rings. The molecule has 0 spiro atoms. The minimum atomic E-state index is -0.325. The fraction of sp³-hybridized carbons (Fsp3) is 0.500. The summed E-state index contributed by atoms with van der Waals surface area (Å²) in [6, 6.07) is 5.52. The monoisotopic (exact) mass is 308 g/mol. The lowest BCUT2D eigenvalue weighted by atomic mass is 9.99. The molecule has 2 N–H and O–H groups in total. The molecule has 0 aliphatic carbocycles. The molecule has 22 heavy (non-hydrogen) atoms. The molecule has 6 heteroatoms. The summed E-state index contributed by atoms with van der Waals surface area (Å²) >= 11 is 0. The summed E-state index contributed by atoms with van der Waals surface area (Å²) in [6.45, 7) is 3.67. The normalized spacial score (nSPS) is 11.7. The highest BCUT2D eigenvalue weighted by Crippen LogP contribution is 2.28. The van der Waals surface area contributed by atoms with Gasteiger partial charge in [0.1, 0.15) is 0 Å². The number of hydrogen-bond acceptors (Lipinski definition) is 5. The molecule has 6 nitrogen and oxygen atoms in total. The Morgan fingerprint density at radius 2 is 1.86 bits per heavy atom. The minimum absolute atomic E-state index is 0.215. The van der Waals surface area contributed by atoms with Crippen LogP contribution in [0, 0.1) is 5.92 Å².